The molecule has 0 saturated carbocycles. The summed E-state index contributed by atoms with van der Waals surface area (Å²) >= 11 is 0. The summed E-state index contributed by atoms with van der Waals surface area (Å²) in [5, 5.41) is 3.97. The van der Waals surface area contributed by atoms with Crippen molar-refractivity contribution in [3.05, 3.63) is 36.4 Å². The van der Waals surface area contributed by atoms with Crippen LogP contribution in [0.5, 0.6) is 5.75 Å². The summed E-state index contributed by atoms with van der Waals surface area (Å²) in [4.78, 5) is 14.6. The van der Waals surface area contributed by atoms with Crippen LogP contribution in [-0.2, 0) is 0 Å². The van der Waals surface area contributed by atoms with E-state index in [4.69, 9.17) is 4.74 Å². The van der Waals surface area contributed by atoms with E-state index in [1.165, 1.54) is 13.4 Å². The standard InChI is InChI=1S/C10H9N3O2/c1-15-10-3-2-9(4-8(10)5-14)13-7-11-6-12-13/h2-7H,1H3. The zero-order chi connectivity index (χ0) is 10.7. The summed E-state index contributed by atoms with van der Waals surface area (Å²) in [7, 11) is 1.53. The van der Waals surface area contributed by atoms with Gasteiger partial charge in [0.2, 0.25) is 0 Å². The first-order chi connectivity index (χ1) is 7.35. The fourth-order valence-corrected chi connectivity index (χ4v) is 1.30. The Morgan fingerprint density at radius 3 is 2.93 bits per heavy atom. The molecule has 0 aliphatic carbocycles. The second-order valence-electron chi connectivity index (χ2n) is 2.88. The van der Waals surface area contributed by atoms with E-state index < -0.39 is 0 Å². The number of methoxy groups -OCH3 is 1. The molecular formula is C10H9N3O2. The molecule has 0 atom stereocenters. The second-order valence-corrected chi connectivity index (χ2v) is 2.88. The van der Waals surface area contributed by atoms with E-state index in [-0.39, 0.29) is 0 Å². The summed E-state index contributed by atoms with van der Waals surface area (Å²) in [6.45, 7) is 0. The minimum Gasteiger partial charge on any atom is -0.496 e. The lowest BCUT2D eigenvalue weighted by Gasteiger charge is -2.05. The molecule has 0 aliphatic heterocycles. The third kappa shape index (κ3) is 1.71. The average molecular weight is 203 g/mol. The van der Waals surface area contributed by atoms with E-state index in [2.05, 4.69) is 10.1 Å². The van der Waals surface area contributed by atoms with Gasteiger partial charge in [-0.15, -0.1) is 0 Å². The fraction of sp³-hybridized carbons (Fsp3) is 0.100. The molecule has 0 fully saturated rings. The highest BCUT2D eigenvalue weighted by atomic mass is 16.5. The molecule has 0 spiro atoms. The molecule has 2 aromatic rings. The average Bonchev–Trinajstić information content (AvgIpc) is 2.81. The van der Waals surface area contributed by atoms with Crippen molar-refractivity contribution in [1.82, 2.24) is 14.8 Å². The molecule has 0 unspecified atom stereocenters. The number of ether oxygens (including phenoxy) is 1. The Labute approximate surface area is 86.3 Å². The number of aromatic nitrogens is 3. The second kappa shape index (κ2) is 3.91. The SMILES string of the molecule is COc1ccc(-n2cncn2)cc1C=O. The number of hydrogen-bond acceptors (Lipinski definition) is 4. The van der Waals surface area contributed by atoms with Gasteiger partial charge in [-0.1, -0.05) is 0 Å². The van der Waals surface area contributed by atoms with Crippen molar-refractivity contribution in [3.8, 4) is 11.4 Å². The van der Waals surface area contributed by atoms with Crippen LogP contribution < -0.4 is 4.74 Å². The molecule has 1 heterocycles. The van der Waals surface area contributed by atoms with Crippen LogP contribution in [0.1, 0.15) is 10.4 Å². The Kier molecular flexibility index (Phi) is 2.45. The lowest BCUT2D eigenvalue weighted by molar-refractivity contribution is 0.112. The Balaban J connectivity index is 2.48. The quantitative estimate of drug-likeness (QED) is 0.700. The van der Waals surface area contributed by atoms with E-state index in [0.717, 1.165) is 12.0 Å². The van der Waals surface area contributed by atoms with Crippen molar-refractivity contribution in [2.45, 2.75) is 0 Å². The number of carbonyl (C=O) groups is 1. The van der Waals surface area contributed by atoms with E-state index in [1.54, 1.807) is 29.2 Å². The Morgan fingerprint density at radius 2 is 2.33 bits per heavy atom. The van der Waals surface area contributed by atoms with Gasteiger partial charge < -0.3 is 4.74 Å². The van der Waals surface area contributed by atoms with E-state index >= 15 is 0 Å². The lowest BCUT2D eigenvalue weighted by atomic mass is 10.2. The number of benzene rings is 1. The van der Waals surface area contributed by atoms with Crippen LogP contribution in [0.4, 0.5) is 0 Å². The zero-order valence-corrected chi connectivity index (χ0v) is 8.12. The van der Waals surface area contributed by atoms with Crippen LogP contribution in [0.3, 0.4) is 0 Å². The first kappa shape index (κ1) is 9.39. The predicted octanol–water partition coefficient (Wildman–Crippen LogP) is 1.09. The van der Waals surface area contributed by atoms with Gasteiger partial charge in [-0.3, -0.25) is 4.79 Å². The molecule has 0 amide bonds. The molecule has 0 N–H and O–H groups in total. The largest absolute Gasteiger partial charge is 0.496 e. The first-order valence-electron chi connectivity index (χ1n) is 4.33. The molecule has 15 heavy (non-hydrogen) atoms. The maximum Gasteiger partial charge on any atom is 0.153 e. The van der Waals surface area contributed by atoms with Crippen LogP contribution in [0.15, 0.2) is 30.9 Å². The van der Waals surface area contributed by atoms with Crippen LogP contribution >= 0.6 is 0 Å². The van der Waals surface area contributed by atoms with Crippen LogP contribution in [-0.4, -0.2) is 28.2 Å². The molecule has 5 nitrogen and oxygen atoms in total. The van der Waals surface area contributed by atoms with Crippen molar-refractivity contribution in [1.29, 1.82) is 0 Å². The van der Waals surface area contributed by atoms with Gasteiger partial charge >= 0.3 is 0 Å². The Hall–Kier alpha value is -2.17. The van der Waals surface area contributed by atoms with Crippen molar-refractivity contribution < 1.29 is 9.53 Å². The molecule has 76 valence electrons. The van der Waals surface area contributed by atoms with Gasteiger partial charge in [0, 0.05) is 0 Å². The lowest BCUT2D eigenvalue weighted by Crippen LogP contribution is -1.97. The smallest absolute Gasteiger partial charge is 0.153 e. The highest BCUT2D eigenvalue weighted by molar-refractivity contribution is 5.80. The minimum atomic E-state index is 0.491. The van der Waals surface area contributed by atoms with E-state index in [1.807, 2.05) is 0 Å². The topological polar surface area (TPSA) is 57.0 Å². The molecular weight excluding hydrogens is 194 g/mol. The highest BCUT2D eigenvalue weighted by Gasteiger charge is 2.04. The molecule has 1 aromatic heterocycles. The van der Waals surface area contributed by atoms with Gasteiger partial charge in [-0.2, -0.15) is 5.10 Å². The van der Waals surface area contributed by atoms with Gasteiger partial charge in [0.1, 0.15) is 18.4 Å². The first-order valence-corrected chi connectivity index (χ1v) is 4.33. The number of hydrogen-bond donors (Lipinski definition) is 0. The third-order valence-corrected chi connectivity index (χ3v) is 2.02. The number of rotatable bonds is 3. The summed E-state index contributed by atoms with van der Waals surface area (Å²) in [6, 6.07) is 5.22. The van der Waals surface area contributed by atoms with Crippen molar-refractivity contribution in [2.75, 3.05) is 7.11 Å². The van der Waals surface area contributed by atoms with Crippen molar-refractivity contribution in [2.24, 2.45) is 0 Å². The van der Waals surface area contributed by atoms with Gasteiger partial charge in [-0.05, 0) is 18.2 Å². The van der Waals surface area contributed by atoms with Gasteiger partial charge in [0.05, 0.1) is 18.4 Å². The van der Waals surface area contributed by atoms with Crippen molar-refractivity contribution >= 4 is 6.29 Å². The molecule has 5 heteroatoms. The van der Waals surface area contributed by atoms with E-state index in [0.29, 0.717) is 11.3 Å². The maximum atomic E-state index is 10.8. The van der Waals surface area contributed by atoms with Crippen LogP contribution in [0, 0.1) is 0 Å². The third-order valence-electron chi connectivity index (χ3n) is 2.02. The summed E-state index contributed by atoms with van der Waals surface area (Å²) in [6.07, 6.45) is 3.75. The van der Waals surface area contributed by atoms with Gasteiger partial charge in [-0.25, -0.2) is 9.67 Å². The van der Waals surface area contributed by atoms with Crippen LogP contribution in [0.2, 0.25) is 0 Å². The number of nitrogens with zero attached hydrogens (tertiary/aromatic N) is 3. The predicted molar refractivity (Wildman–Crippen MR) is 53.3 cm³/mol. The Bertz CT molecular complexity index is 466. The Morgan fingerprint density at radius 1 is 1.47 bits per heavy atom. The van der Waals surface area contributed by atoms with Gasteiger partial charge in [0.15, 0.2) is 6.29 Å². The molecule has 0 bridgehead atoms. The minimum absolute atomic E-state index is 0.491. The van der Waals surface area contributed by atoms with E-state index in [9.17, 15) is 4.79 Å². The molecule has 0 saturated heterocycles. The fourth-order valence-electron chi connectivity index (χ4n) is 1.30. The molecule has 0 radical (unpaired) electrons. The molecule has 1 aromatic carbocycles. The molecule has 0 aliphatic rings. The number of carbonyl (C=O) groups excluding carboxylic acids is 1. The summed E-state index contributed by atoms with van der Waals surface area (Å²) < 4.78 is 6.61. The maximum absolute atomic E-state index is 10.8. The number of aldehydes is 1. The summed E-state index contributed by atoms with van der Waals surface area (Å²) in [5.74, 6) is 0.550. The zero-order valence-electron chi connectivity index (χ0n) is 8.12. The molecule has 2 rings (SSSR count). The van der Waals surface area contributed by atoms with Crippen LogP contribution in [0.25, 0.3) is 5.69 Å². The van der Waals surface area contributed by atoms with Gasteiger partial charge in [0.25, 0.3) is 0 Å². The normalized spacial score (nSPS) is 9.93. The highest BCUT2D eigenvalue weighted by Crippen LogP contribution is 2.19. The monoisotopic (exact) mass is 203 g/mol. The van der Waals surface area contributed by atoms with Crippen molar-refractivity contribution in [3.63, 3.8) is 0 Å². The summed E-state index contributed by atoms with van der Waals surface area (Å²) in [5.41, 5.74) is 1.26.